The first-order chi connectivity index (χ1) is 11.5. The summed E-state index contributed by atoms with van der Waals surface area (Å²) in [5.41, 5.74) is 0.414. The summed E-state index contributed by atoms with van der Waals surface area (Å²) in [5.74, 6) is 0.400. The van der Waals surface area contributed by atoms with Gasteiger partial charge in [-0.25, -0.2) is 13.4 Å². The Labute approximate surface area is 153 Å². The van der Waals surface area contributed by atoms with E-state index in [1.54, 1.807) is 26.0 Å². The molecule has 0 spiro atoms. The van der Waals surface area contributed by atoms with Gasteiger partial charge in [0.25, 0.3) is 0 Å². The average molecular weight is 386 g/mol. The van der Waals surface area contributed by atoms with Gasteiger partial charge < -0.3 is 9.15 Å². The number of rotatable bonds is 3. The Hall–Kier alpha value is -1.11. The Morgan fingerprint density at radius 2 is 1.88 bits per heavy atom. The molecule has 1 aromatic carbocycles. The van der Waals surface area contributed by atoms with Crippen molar-refractivity contribution in [3.63, 3.8) is 0 Å². The Morgan fingerprint density at radius 3 is 2.44 bits per heavy atom. The van der Waals surface area contributed by atoms with E-state index in [1.807, 2.05) is 20.8 Å². The smallest absolute Gasteiger partial charge is 0.200 e. The van der Waals surface area contributed by atoms with E-state index in [2.05, 4.69) is 4.98 Å². The van der Waals surface area contributed by atoms with Crippen molar-refractivity contribution in [2.24, 2.45) is 5.92 Å². The molecule has 0 saturated carbocycles. The molecular weight excluding hydrogens is 362 g/mol. The second kappa shape index (κ2) is 5.96. The summed E-state index contributed by atoms with van der Waals surface area (Å²) in [7, 11) is -3.76. The second-order valence-electron chi connectivity index (χ2n) is 8.16. The van der Waals surface area contributed by atoms with Crippen molar-refractivity contribution in [1.82, 2.24) is 4.98 Å². The highest BCUT2D eigenvalue weighted by molar-refractivity contribution is 7.93. The lowest BCUT2D eigenvalue weighted by Gasteiger charge is -2.30. The molecule has 1 aliphatic rings. The lowest BCUT2D eigenvalue weighted by atomic mass is 9.94. The van der Waals surface area contributed by atoms with Gasteiger partial charge >= 0.3 is 0 Å². The fourth-order valence-corrected chi connectivity index (χ4v) is 5.40. The van der Waals surface area contributed by atoms with Gasteiger partial charge in [-0.15, -0.1) is 0 Å². The van der Waals surface area contributed by atoms with Crippen LogP contribution in [0.15, 0.2) is 21.4 Å². The Balaban J connectivity index is 2.23. The summed E-state index contributed by atoms with van der Waals surface area (Å²) in [6.45, 7) is 10.4. The van der Waals surface area contributed by atoms with E-state index in [1.165, 1.54) is 0 Å². The third kappa shape index (κ3) is 2.98. The highest BCUT2D eigenvalue weighted by Crippen LogP contribution is 2.42. The van der Waals surface area contributed by atoms with Crippen LogP contribution >= 0.6 is 11.6 Å². The van der Waals surface area contributed by atoms with Gasteiger partial charge in [0.15, 0.2) is 15.4 Å². The molecule has 1 fully saturated rings. The Kier molecular flexibility index (Phi) is 4.45. The van der Waals surface area contributed by atoms with E-state index < -0.39 is 14.6 Å². The zero-order valence-corrected chi connectivity index (χ0v) is 16.8. The maximum absolute atomic E-state index is 13.5. The summed E-state index contributed by atoms with van der Waals surface area (Å²) in [6, 6.07) is 3.27. The fraction of sp³-hybridized carbons (Fsp3) is 0.611. The molecule has 1 aliphatic heterocycles. The summed E-state index contributed by atoms with van der Waals surface area (Å²) in [6.07, 6.45) is 0.712. The molecule has 138 valence electrons. The van der Waals surface area contributed by atoms with Gasteiger partial charge in [0.1, 0.15) is 10.4 Å². The number of aromatic nitrogens is 1. The zero-order chi connectivity index (χ0) is 18.6. The minimum atomic E-state index is -3.76. The number of nitrogens with zero attached hydrogens (tertiary/aromatic N) is 1. The lowest BCUT2D eigenvalue weighted by molar-refractivity contribution is 0.179. The molecule has 0 bridgehead atoms. The topological polar surface area (TPSA) is 69.4 Å². The second-order valence-corrected chi connectivity index (χ2v) is 11.0. The molecule has 0 amide bonds. The van der Waals surface area contributed by atoms with Crippen molar-refractivity contribution in [1.29, 1.82) is 0 Å². The van der Waals surface area contributed by atoms with Gasteiger partial charge in [-0.05, 0) is 32.4 Å². The molecule has 0 aliphatic carbocycles. The molecule has 1 atom stereocenters. The van der Waals surface area contributed by atoms with Gasteiger partial charge in [0.2, 0.25) is 5.89 Å². The first-order valence-electron chi connectivity index (χ1n) is 8.38. The minimum Gasteiger partial charge on any atom is -0.439 e. The Morgan fingerprint density at radius 1 is 1.20 bits per heavy atom. The van der Waals surface area contributed by atoms with Crippen molar-refractivity contribution in [2.45, 2.75) is 56.1 Å². The molecule has 1 saturated heterocycles. The van der Waals surface area contributed by atoms with Gasteiger partial charge in [0.05, 0.1) is 16.4 Å². The van der Waals surface area contributed by atoms with Crippen molar-refractivity contribution in [3.8, 4) is 0 Å². The minimum absolute atomic E-state index is 0.0339. The fourth-order valence-electron chi connectivity index (χ4n) is 3.08. The number of oxazole rings is 1. The number of benzene rings is 1. The van der Waals surface area contributed by atoms with Crippen LogP contribution in [0.2, 0.25) is 5.02 Å². The third-order valence-corrected chi connectivity index (χ3v) is 8.07. The summed E-state index contributed by atoms with van der Waals surface area (Å²) in [4.78, 5) is 4.50. The molecule has 0 N–H and O–H groups in total. The quantitative estimate of drug-likeness (QED) is 0.784. The van der Waals surface area contributed by atoms with Gasteiger partial charge in [-0.3, -0.25) is 0 Å². The molecule has 2 aromatic rings. The van der Waals surface area contributed by atoms with Crippen LogP contribution in [-0.2, 0) is 20.0 Å². The Bertz CT molecular complexity index is 903. The predicted molar refractivity (Wildman–Crippen MR) is 97.9 cm³/mol. The van der Waals surface area contributed by atoms with Crippen LogP contribution in [0, 0.1) is 5.92 Å². The summed E-state index contributed by atoms with van der Waals surface area (Å²) < 4.78 is 37.3. The number of ether oxygens (including phenoxy) is 1. The standard InChI is InChI=1S/C18H24ClNO4S/c1-17(2,3)16-20-13-7-6-12(19)15(14(13)24-16)25(21,22)18(4,5)11-8-9-23-10-11/h6-7,11H,8-10H2,1-5H3/t11-/m0/s1. The van der Waals surface area contributed by atoms with Crippen LogP contribution in [0.5, 0.6) is 0 Å². The average Bonchev–Trinajstić information content (AvgIpc) is 3.15. The zero-order valence-electron chi connectivity index (χ0n) is 15.2. The maximum atomic E-state index is 13.5. The van der Waals surface area contributed by atoms with E-state index in [4.69, 9.17) is 20.8 Å². The maximum Gasteiger partial charge on any atom is 0.200 e. The summed E-state index contributed by atoms with van der Waals surface area (Å²) >= 11 is 6.33. The van der Waals surface area contributed by atoms with Gasteiger partial charge in [-0.1, -0.05) is 32.4 Å². The monoisotopic (exact) mass is 385 g/mol. The molecule has 7 heteroatoms. The largest absolute Gasteiger partial charge is 0.439 e. The van der Waals surface area contributed by atoms with Crippen molar-refractivity contribution in [3.05, 3.63) is 23.0 Å². The number of hydrogen-bond donors (Lipinski definition) is 0. The molecule has 0 radical (unpaired) electrons. The highest BCUT2D eigenvalue weighted by atomic mass is 35.5. The SMILES string of the molecule is CC(C)(C)c1nc2ccc(Cl)c(S(=O)(=O)C(C)(C)[C@H]3CCOC3)c2o1. The molecule has 5 nitrogen and oxygen atoms in total. The van der Waals surface area contributed by atoms with Crippen LogP contribution in [0.4, 0.5) is 0 Å². The molecule has 0 unspecified atom stereocenters. The van der Waals surface area contributed by atoms with E-state index in [0.29, 0.717) is 31.0 Å². The van der Waals surface area contributed by atoms with Crippen LogP contribution in [0.1, 0.15) is 46.9 Å². The molecule has 2 heterocycles. The van der Waals surface area contributed by atoms with E-state index in [-0.39, 0.29) is 26.8 Å². The van der Waals surface area contributed by atoms with E-state index in [9.17, 15) is 8.42 Å². The molecular formula is C18H24ClNO4S. The number of halogens is 1. The van der Waals surface area contributed by atoms with Crippen LogP contribution < -0.4 is 0 Å². The molecule has 3 rings (SSSR count). The van der Waals surface area contributed by atoms with Crippen molar-refractivity contribution in [2.75, 3.05) is 13.2 Å². The predicted octanol–water partition coefficient (Wildman–Crippen LogP) is 4.37. The van der Waals surface area contributed by atoms with Crippen molar-refractivity contribution >= 4 is 32.5 Å². The van der Waals surface area contributed by atoms with E-state index in [0.717, 1.165) is 0 Å². The first kappa shape index (κ1) is 18.7. The van der Waals surface area contributed by atoms with Gasteiger partial charge in [-0.2, -0.15) is 0 Å². The normalized spacial score (nSPS) is 19.7. The molecule has 1 aromatic heterocycles. The number of fused-ring (bicyclic) bond motifs is 1. The van der Waals surface area contributed by atoms with Crippen LogP contribution in [0.25, 0.3) is 11.1 Å². The third-order valence-electron chi connectivity index (χ3n) is 4.98. The highest BCUT2D eigenvalue weighted by Gasteiger charge is 2.46. The summed E-state index contributed by atoms with van der Waals surface area (Å²) in [5, 5.41) is 0.163. The van der Waals surface area contributed by atoms with Crippen LogP contribution in [0.3, 0.4) is 0 Å². The number of hydrogen-bond acceptors (Lipinski definition) is 5. The molecule has 25 heavy (non-hydrogen) atoms. The number of sulfone groups is 1. The van der Waals surface area contributed by atoms with Crippen LogP contribution in [-0.4, -0.2) is 31.4 Å². The van der Waals surface area contributed by atoms with Crippen molar-refractivity contribution < 1.29 is 17.6 Å². The lowest BCUT2D eigenvalue weighted by Crippen LogP contribution is -2.40. The van der Waals surface area contributed by atoms with Gasteiger partial charge in [0, 0.05) is 17.9 Å². The first-order valence-corrected chi connectivity index (χ1v) is 10.2. The van der Waals surface area contributed by atoms with E-state index >= 15 is 0 Å².